The monoisotopic (exact) mass is 283 g/mol. The Morgan fingerprint density at radius 2 is 1.93 bits per heavy atom. The first-order valence-electron chi connectivity index (χ1n) is 3.63. The SMILES string of the molecule is Nc1ccc(Br)c(C(F)(F)F)c1C(=O)O. The van der Waals surface area contributed by atoms with Gasteiger partial charge in [0.25, 0.3) is 0 Å². The molecule has 0 radical (unpaired) electrons. The maximum absolute atomic E-state index is 12.5. The van der Waals surface area contributed by atoms with Crippen molar-refractivity contribution < 1.29 is 23.1 Å². The molecule has 0 atom stereocenters. The second-order valence-corrected chi connectivity index (χ2v) is 3.54. The van der Waals surface area contributed by atoms with E-state index >= 15 is 0 Å². The van der Waals surface area contributed by atoms with Crippen molar-refractivity contribution in [2.45, 2.75) is 6.18 Å². The number of aromatic carboxylic acids is 1. The second kappa shape index (κ2) is 3.73. The van der Waals surface area contributed by atoms with Crippen LogP contribution in [0.4, 0.5) is 18.9 Å². The van der Waals surface area contributed by atoms with Crippen LogP contribution in [-0.4, -0.2) is 11.1 Å². The van der Waals surface area contributed by atoms with Crippen molar-refractivity contribution in [3.63, 3.8) is 0 Å². The Balaban J connectivity index is 3.60. The van der Waals surface area contributed by atoms with Crippen molar-refractivity contribution in [3.8, 4) is 0 Å². The lowest BCUT2D eigenvalue weighted by atomic mass is 10.1. The minimum atomic E-state index is -4.76. The number of hydrogen-bond donors (Lipinski definition) is 2. The number of nitrogens with two attached hydrogens (primary N) is 1. The van der Waals surface area contributed by atoms with Gasteiger partial charge in [0.2, 0.25) is 0 Å². The summed E-state index contributed by atoms with van der Waals surface area (Å²) in [4.78, 5) is 10.6. The van der Waals surface area contributed by atoms with Gasteiger partial charge in [-0.25, -0.2) is 4.79 Å². The summed E-state index contributed by atoms with van der Waals surface area (Å²) in [5.74, 6) is -1.71. The zero-order chi connectivity index (χ0) is 11.8. The first-order chi connectivity index (χ1) is 6.75. The first kappa shape index (κ1) is 11.8. The Kier molecular flexibility index (Phi) is 2.94. The number of benzene rings is 1. The minimum absolute atomic E-state index is 0.346. The lowest BCUT2D eigenvalue weighted by Gasteiger charge is -2.13. The molecule has 1 aromatic carbocycles. The third-order valence-electron chi connectivity index (χ3n) is 1.68. The molecule has 0 aromatic heterocycles. The van der Waals surface area contributed by atoms with E-state index in [0.717, 1.165) is 12.1 Å². The Bertz CT molecular complexity index is 417. The van der Waals surface area contributed by atoms with Crippen LogP contribution in [0.3, 0.4) is 0 Å². The Hall–Kier alpha value is -1.24. The average molecular weight is 284 g/mol. The second-order valence-electron chi connectivity index (χ2n) is 2.69. The zero-order valence-corrected chi connectivity index (χ0v) is 8.69. The molecule has 0 amide bonds. The smallest absolute Gasteiger partial charge is 0.418 e. The van der Waals surface area contributed by atoms with Crippen LogP contribution < -0.4 is 5.73 Å². The molecule has 7 heteroatoms. The van der Waals surface area contributed by atoms with Gasteiger partial charge in [-0.2, -0.15) is 13.2 Å². The van der Waals surface area contributed by atoms with E-state index in [2.05, 4.69) is 15.9 Å². The van der Waals surface area contributed by atoms with Crippen molar-refractivity contribution >= 4 is 27.6 Å². The summed E-state index contributed by atoms with van der Waals surface area (Å²) < 4.78 is 37.2. The standard InChI is InChI=1S/C8H5BrF3NO2/c9-3-1-2-4(13)5(7(14)15)6(3)8(10,11)12/h1-2H,13H2,(H,14,15). The molecular weight excluding hydrogens is 279 g/mol. The molecule has 0 heterocycles. The Morgan fingerprint density at radius 1 is 1.40 bits per heavy atom. The van der Waals surface area contributed by atoms with Crippen molar-refractivity contribution in [2.75, 3.05) is 5.73 Å². The number of alkyl halides is 3. The van der Waals surface area contributed by atoms with Crippen molar-refractivity contribution in [2.24, 2.45) is 0 Å². The fourth-order valence-corrected chi connectivity index (χ4v) is 1.66. The number of halogens is 4. The fourth-order valence-electron chi connectivity index (χ4n) is 1.10. The van der Waals surface area contributed by atoms with E-state index < -0.39 is 29.0 Å². The molecule has 0 bridgehead atoms. The molecule has 0 aliphatic heterocycles. The highest BCUT2D eigenvalue weighted by Gasteiger charge is 2.38. The summed E-state index contributed by atoms with van der Waals surface area (Å²) in [6.45, 7) is 0. The number of anilines is 1. The number of carboxylic acid groups (broad SMARTS) is 1. The number of carbonyl (C=O) groups is 1. The van der Waals surface area contributed by atoms with Crippen LogP contribution >= 0.6 is 15.9 Å². The van der Waals surface area contributed by atoms with Crippen LogP contribution in [0.15, 0.2) is 16.6 Å². The van der Waals surface area contributed by atoms with Gasteiger partial charge in [-0.15, -0.1) is 0 Å². The van der Waals surface area contributed by atoms with Gasteiger partial charge < -0.3 is 10.8 Å². The molecule has 3 nitrogen and oxygen atoms in total. The summed E-state index contributed by atoms with van der Waals surface area (Å²) in [5.41, 5.74) is 2.57. The maximum Gasteiger partial charge on any atom is 0.418 e. The van der Waals surface area contributed by atoms with Gasteiger partial charge in [0.1, 0.15) is 0 Å². The van der Waals surface area contributed by atoms with Gasteiger partial charge in [0.05, 0.1) is 11.1 Å². The van der Waals surface area contributed by atoms with Crippen LogP contribution in [-0.2, 0) is 6.18 Å². The van der Waals surface area contributed by atoms with Gasteiger partial charge in [0, 0.05) is 10.2 Å². The van der Waals surface area contributed by atoms with Gasteiger partial charge >= 0.3 is 12.1 Å². The van der Waals surface area contributed by atoms with E-state index in [0.29, 0.717) is 0 Å². The first-order valence-corrected chi connectivity index (χ1v) is 4.43. The van der Waals surface area contributed by atoms with Crippen LogP contribution in [0.2, 0.25) is 0 Å². The topological polar surface area (TPSA) is 63.3 Å². The molecule has 3 N–H and O–H groups in total. The molecule has 82 valence electrons. The molecule has 0 aliphatic rings. The summed E-state index contributed by atoms with van der Waals surface area (Å²) >= 11 is 2.65. The summed E-state index contributed by atoms with van der Waals surface area (Å²) in [5, 5.41) is 8.63. The van der Waals surface area contributed by atoms with Crippen molar-refractivity contribution in [3.05, 3.63) is 27.7 Å². The van der Waals surface area contributed by atoms with Crippen LogP contribution in [0.5, 0.6) is 0 Å². The predicted octanol–water partition coefficient (Wildman–Crippen LogP) is 2.75. The van der Waals surface area contributed by atoms with Crippen LogP contribution in [0.25, 0.3) is 0 Å². The Morgan fingerprint density at radius 3 is 2.27 bits per heavy atom. The van der Waals surface area contributed by atoms with Gasteiger partial charge in [-0.1, -0.05) is 15.9 Å². The molecule has 0 aliphatic carbocycles. The number of carboxylic acids is 1. The quantitative estimate of drug-likeness (QED) is 0.779. The van der Waals surface area contributed by atoms with Gasteiger partial charge in [-0.05, 0) is 12.1 Å². The van der Waals surface area contributed by atoms with E-state index in [-0.39, 0.29) is 4.47 Å². The van der Waals surface area contributed by atoms with Crippen LogP contribution in [0.1, 0.15) is 15.9 Å². The number of hydrogen-bond acceptors (Lipinski definition) is 2. The molecular formula is C8H5BrF3NO2. The highest BCUT2D eigenvalue weighted by molar-refractivity contribution is 9.10. The molecule has 0 fully saturated rings. The molecule has 0 saturated heterocycles. The highest BCUT2D eigenvalue weighted by atomic mass is 79.9. The largest absolute Gasteiger partial charge is 0.478 e. The normalized spacial score (nSPS) is 11.5. The lowest BCUT2D eigenvalue weighted by molar-refractivity contribution is -0.138. The van der Waals surface area contributed by atoms with E-state index in [9.17, 15) is 18.0 Å². The highest BCUT2D eigenvalue weighted by Crippen LogP contribution is 2.39. The summed E-state index contributed by atoms with van der Waals surface area (Å²) in [6.07, 6.45) is -4.76. The number of nitrogen functional groups attached to an aromatic ring is 1. The maximum atomic E-state index is 12.5. The fraction of sp³-hybridized carbons (Fsp3) is 0.125. The molecule has 15 heavy (non-hydrogen) atoms. The van der Waals surface area contributed by atoms with E-state index in [1.54, 1.807) is 0 Å². The van der Waals surface area contributed by atoms with Gasteiger partial charge in [-0.3, -0.25) is 0 Å². The van der Waals surface area contributed by atoms with E-state index in [1.165, 1.54) is 0 Å². The zero-order valence-electron chi connectivity index (χ0n) is 7.10. The summed E-state index contributed by atoms with van der Waals surface area (Å²) in [7, 11) is 0. The molecule has 1 aromatic rings. The third kappa shape index (κ3) is 2.23. The average Bonchev–Trinajstić information content (AvgIpc) is 2.05. The summed E-state index contributed by atoms with van der Waals surface area (Å²) in [6, 6.07) is 2.16. The van der Waals surface area contributed by atoms with Crippen molar-refractivity contribution in [1.82, 2.24) is 0 Å². The van der Waals surface area contributed by atoms with Crippen molar-refractivity contribution in [1.29, 1.82) is 0 Å². The molecule has 0 spiro atoms. The van der Waals surface area contributed by atoms with Gasteiger partial charge in [0.15, 0.2) is 0 Å². The third-order valence-corrected chi connectivity index (χ3v) is 2.34. The lowest BCUT2D eigenvalue weighted by Crippen LogP contribution is -2.16. The van der Waals surface area contributed by atoms with E-state index in [4.69, 9.17) is 10.8 Å². The predicted molar refractivity (Wildman–Crippen MR) is 50.5 cm³/mol. The van der Waals surface area contributed by atoms with E-state index in [1.807, 2.05) is 0 Å². The number of rotatable bonds is 1. The Labute approximate surface area is 90.8 Å². The minimum Gasteiger partial charge on any atom is -0.478 e. The molecule has 1 rings (SSSR count). The van der Waals surface area contributed by atoms with Crippen LogP contribution in [0, 0.1) is 0 Å². The molecule has 0 unspecified atom stereocenters. The molecule has 0 saturated carbocycles.